The van der Waals surface area contributed by atoms with E-state index in [0.717, 1.165) is 20.9 Å². The Balaban J connectivity index is 1.58. The predicted molar refractivity (Wildman–Crippen MR) is 99.7 cm³/mol. The number of rotatable bonds is 3. The maximum Gasteiger partial charge on any atom is 0.280 e. The lowest BCUT2D eigenvalue weighted by molar-refractivity contribution is -0.117. The number of azo groups is 1. The van der Waals surface area contributed by atoms with Crippen molar-refractivity contribution in [3.05, 3.63) is 53.5 Å². The molecule has 124 valence electrons. The molecule has 6 nitrogen and oxygen atoms in total. The van der Waals surface area contributed by atoms with Crippen molar-refractivity contribution in [2.45, 2.75) is 19.9 Å². The van der Waals surface area contributed by atoms with Gasteiger partial charge in [-0.2, -0.15) is 20.3 Å². The minimum Gasteiger partial charge on any atom is -0.269 e. The Labute approximate surface area is 148 Å². The van der Waals surface area contributed by atoms with E-state index >= 15 is 0 Å². The van der Waals surface area contributed by atoms with Gasteiger partial charge in [0.1, 0.15) is 0 Å². The molecule has 1 amide bonds. The molecule has 0 fully saturated rings. The number of para-hydroxylation sites is 1. The molecule has 1 atom stereocenters. The number of nitrogens with zero attached hydrogens (tertiary/aromatic N) is 5. The van der Waals surface area contributed by atoms with Gasteiger partial charge in [-0.25, -0.2) is 4.98 Å². The summed E-state index contributed by atoms with van der Waals surface area (Å²) in [4.78, 5) is 17.0. The summed E-state index contributed by atoms with van der Waals surface area (Å²) < 4.78 is 1.06. The molecule has 25 heavy (non-hydrogen) atoms. The molecule has 1 aromatic heterocycles. The summed E-state index contributed by atoms with van der Waals surface area (Å²) in [6.45, 7) is 3.77. The molecule has 0 bridgehead atoms. The number of hydrogen-bond donors (Lipinski definition) is 0. The highest BCUT2D eigenvalue weighted by Crippen LogP contribution is 2.27. The lowest BCUT2D eigenvalue weighted by Gasteiger charge is -2.11. The van der Waals surface area contributed by atoms with Gasteiger partial charge in [0.05, 0.1) is 32.3 Å². The number of carbonyl (C=O) groups excluding carboxylic acids is 1. The van der Waals surface area contributed by atoms with Crippen molar-refractivity contribution in [2.24, 2.45) is 15.3 Å². The van der Waals surface area contributed by atoms with Crippen LogP contribution in [0.15, 0.2) is 63.9 Å². The van der Waals surface area contributed by atoms with Crippen LogP contribution < -0.4 is 5.01 Å². The van der Waals surface area contributed by atoms with Gasteiger partial charge in [0, 0.05) is 0 Å². The number of aromatic nitrogens is 1. The number of hydrogen-bond acceptors (Lipinski definition) is 6. The Morgan fingerprint density at radius 2 is 1.92 bits per heavy atom. The van der Waals surface area contributed by atoms with Crippen LogP contribution in [0.1, 0.15) is 11.9 Å². The molecule has 0 spiro atoms. The summed E-state index contributed by atoms with van der Waals surface area (Å²) in [5, 5.41) is 15.2. The fraction of sp³-hybridized carbons (Fsp3) is 0.167. The molecular weight excluding hydrogens is 334 g/mol. The first-order chi connectivity index (χ1) is 12.1. The number of anilines is 1. The van der Waals surface area contributed by atoms with E-state index in [1.54, 1.807) is 18.3 Å². The second-order valence-corrected chi connectivity index (χ2v) is 6.96. The lowest BCUT2D eigenvalue weighted by Crippen LogP contribution is -2.29. The summed E-state index contributed by atoms with van der Waals surface area (Å²) in [6.07, 6.45) is 0. The summed E-state index contributed by atoms with van der Waals surface area (Å²) in [7, 11) is 0. The lowest BCUT2D eigenvalue weighted by atomic mass is 10.2. The van der Waals surface area contributed by atoms with Gasteiger partial charge in [-0.1, -0.05) is 18.2 Å². The topological polar surface area (TPSA) is 70.3 Å². The van der Waals surface area contributed by atoms with Crippen LogP contribution in [-0.4, -0.2) is 22.6 Å². The maximum absolute atomic E-state index is 12.6. The van der Waals surface area contributed by atoms with Gasteiger partial charge in [0.25, 0.3) is 5.91 Å². The molecule has 0 radical (unpaired) electrons. The minimum atomic E-state index is -0.681. The van der Waals surface area contributed by atoms with Crippen molar-refractivity contribution in [2.75, 3.05) is 5.01 Å². The summed E-state index contributed by atoms with van der Waals surface area (Å²) in [5.41, 5.74) is 3.01. The van der Waals surface area contributed by atoms with E-state index in [-0.39, 0.29) is 5.91 Å². The number of hydrazone groups is 1. The van der Waals surface area contributed by atoms with Gasteiger partial charge >= 0.3 is 0 Å². The molecule has 1 aliphatic heterocycles. The van der Waals surface area contributed by atoms with Gasteiger partial charge in [-0.15, -0.1) is 11.3 Å². The standard InChI is InChI=1S/C18H15N5OS/c1-11-17(18(24)23(22-11)14-6-4-3-5-7-14)21-20-13-8-9-15-16(10-13)25-12(2)19-15/h3-10,17H,1-2H3/t17-/m1/s1. The van der Waals surface area contributed by atoms with E-state index in [9.17, 15) is 4.79 Å². The second-order valence-electron chi connectivity index (χ2n) is 5.73. The number of aryl methyl sites for hydroxylation is 1. The zero-order valence-electron chi connectivity index (χ0n) is 13.7. The SMILES string of the molecule is CC1=NN(c2ccccc2)C(=O)[C@@H]1N=Nc1ccc2nc(C)sc2c1. The molecule has 2 aromatic carbocycles. The van der Waals surface area contributed by atoms with Crippen LogP contribution in [0.2, 0.25) is 0 Å². The van der Waals surface area contributed by atoms with Crippen molar-refractivity contribution < 1.29 is 4.79 Å². The fourth-order valence-corrected chi connectivity index (χ4v) is 3.52. The molecule has 4 rings (SSSR count). The van der Waals surface area contributed by atoms with E-state index in [0.29, 0.717) is 11.4 Å². The number of fused-ring (bicyclic) bond motifs is 1. The maximum atomic E-state index is 12.6. The van der Waals surface area contributed by atoms with Crippen LogP contribution >= 0.6 is 11.3 Å². The number of carbonyl (C=O) groups is 1. The summed E-state index contributed by atoms with van der Waals surface area (Å²) in [5.74, 6) is -0.192. The minimum absolute atomic E-state index is 0.192. The van der Waals surface area contributed by atoms with Crippen molar-refractivity contribution in [1.29, 1.82) is 0 Å². The zero-order chi connectivity index (χ0) is 17.4. The summed E-state index contributed by atoms with van der Waals surface area (Å²) >= 11 is 1.61. The first kappa shape index (κ1) is 15.6. The Morgan fingerprint density at radius 3 is 2.72 bits per heavy atom. The third-order valence-corrected chi connectivity index (χ3v) is 4.80. The van der Waals surface area contributed by atoms with Crippen LogP contribution in [0.5, 0.6) is 0 Å². The number of thiazole rings is 1. The van der Waals surface area contributed by atoms with Gasteiger partial charge in [0.2, 0.25) is 0 Å². The molecule has 2 heterocycles. The average molecular weight is 349 g/mol. The largest absolute Gasteiger partial charge is 0.280 e. The third-order valence-electron chi connectivity index (χ3n) is 3.86. The van der Waals surface area contributed by atoms with Crippen molar-refractivity contribution in [1.82, 2.24) is 4.98 Å². The van der Waals surface area contributed by atoms with E-state index in [1.807, 2.05) is 55.5 Å². The highest BCUT2D eigenvalue weighted by atomic mass is 32.1. The molecule has 7 heteroatoms. The van der Waals surface area contributed by atoms with Crippen LogP contribution in [0.3, 0.4) is 0 Å². The highest BCUT2D eigenvalue weighted by molar-refractivity contribution is 7.18. The smallest absolute Gasteiger partial charge is 0.269 e. The molecule has 0 unspecified atom stereocenters. The van der Waals surface area contributed by atoms with Gasteiger partial charge < -0.3 is 0 Å². The second kappa shape index (κ2) is 6.18. The summed E-state index contributed by atoms with van der Waals surface area (Å²) in [6, 6.07) is 14.3. The Morgan fingerprint density at radius 1 is 1.12 bits per heavy atom. The molecule has 0 saturated carbocycles. The van der Waals surface area contributed by atoms with E-state index in [2.05, 4.69) is 20.3 Å². The molecular formula is C18H15N5OS. The van der Waals surface area contributed by atoms with Gasteiger partial charge in [0.15, 0.2) is 6.04 Å². The average Bonchev–Trinajstić information content (AvgIpc) is 3.12. The predicted octanol–water partition coefficient (Wildman–Crippen LogP) is 4.48. The highest BCUT2D eigenvalue weighted by Gasteiger charge is 2.34. The van der Waals surface area contributed by atoms with Crippen molar-refractivity contribution >= 4 is 44.5 Å². The first-order valence-electron chi connectivity index (χ1n) is 7.84. The van der Waals surface area contributed by atoms with E-state index < -0.39 is 6.04 Å². The Bertz CT molecular complexity index is 1010. The molecule has 3 aromatic rings. The van der Waals surface area contributed by atoms with Crippen LogP contribution in [0.4, 0.5) is 11.4 Å². The molecule has 1 aliphatic rings. The monoisotopic (exact) mass is 349 g/mol. The molecule has 0 aliphatic carbocycles. The quantitative estimate of drug-likeness (QED) is 0.654. The van der Waals surface area contributed by atoms with Crippen LogP contribution in [0.25, 0.3) is 10.2 Å². The first-order valence-corrected chi connectivity index (χ1v) is 8.65. The van der Waals surface area contributed by atoms with Gasteiger partial charge in [-0.3, -0.25) is 4.79 Å². The van der Waals surface area contributed by atoms with E-state index in [1.165, 1.54) is 5.01 Å². The Kier molecular flexibility index (Phi) is 3.85. The molecule has 0 saturated heterocycles. The van der Waals surface area contributed by atoms with Crippen molar-refractivity contribution in [3.63, 3.8) is 0 Å². The fourth-order valence-electron chi connectivity index (χ4n) is 2.66. The van der Waals surface area contributed by atoms with Crippen LogP contribution in [-0.2, 0) is 4.79 Å². The van der Waals surface area contributed by atoms with Crippen molar-refractivity contribution in [3.8, 4) is 0 Å². The molecule has 0 N–H and O–H groups in total. The van der Waals surface area contributed by atoms with E-state index in [4.69, 9.17) is 0 Å². The van der Waals surface area contributed by atoms with Crippen LogP contribution in [0, 0.1) is 6.92 Å². The van der Waals surface area contributed by atoms with Gasteiger partial charge in [-0.05, 0) is 44.2 Å². The Hall–Kier alpha value is -2.93. The zero-order valence-corrected chi connectivity index (χ0v) is 14.6. The normalized spacial score (nSPS) is 17.7. The number of benzene rings is 2. The number of amides is 1. The third kappa shape index (κ3) is 2.94.